The molecule has 0 N–H and O–H groups in total. The van der Waals surface area contributed by atoms with E-state index in [1.54, 1.807) is 19.1 Å². The first-order valence-corrected chi connectivity index (χ1v) is 5.27. The molecule has 0 aliphatic rings. The van der Waals surface area contributed by atoms with E-state index in [0.717, 1.165) is 5.56 Å². The van der Waals surface area contributed by atoms with Crippen molar-refractivity contribution in [1.29, 1.82) is 0 Å². The Bertz CT molecular complexity index is 496. The van der Waals surface area contributed by atoms with Crippen LogP contribution in [0.4, 0.5) is 0 Å². The molecule has 6 nitrogen and oxygen atoms in total. The maximum atomic E-state index is 11.7. The van der Waals surface area contributed by atoms with Crippen LogP contribution in [-0.4, -0.2) is 32.8 Å². The third-order valence-corrected chi connectivity index (χ3v) is 2.22. The number of benzene rings is 1. The van der Waals surface area contributed by atoms with Crippen LogP contribution in [0.3, 0.4) is 0 Å². The average molecular weight is 232 g/mol. The van der Waals surface area contributed by atoms with Crippen LogP contribution >= 0.6 is 0 Å². The summed E-state index contributed by atoms with van der Waals surface area (Å²) in [6.07, 6.45) is 1.35. The second kappa shape index (κ2) is 5.20. The highest BCUT2D eigenvalue weighted by atomic mass is 16.5. The Labute approximate surface area is 98.2 Å². The lowest BCUT2D eigenvalue weighted by molar-refractivity contribution is 0.0525. The van der Waals surface area contributed by atoms with Crippen LogP contribution in [0.2, 0.25) is 0 Å². The van der Waals surface area contributed by atoms with E-state index in [1.165, 1.54) is 11.1 Å². The molecule has 1 aromatic heterocycles. The molecule has 0 bridgehead atoms. The normalized spacial score (nSPS) is 10.2. The lowest BCUT2D eigenvalue weighted by Crippen LogP contribution is -2.12. The molecule has 17 heavy (non-hydrogen) atoms. The van der Waals surface area contributed by atoms with Crippen LogP contribution in [0.1, 0.15) is 22.8 Å². The summed E-state index contributed by atoms with van der Waals surface area (Å²) in [7, 11) is 0. The third kappa shape index (κ3) is 2.66. The molecule has 2 aromatic rings. The summed E-state index contributed by atoms with van der Waals surface area (Å²) in [4.78, 5) is 13.1. The van der Waals surface area contributed by atoms with Crippen molar-refractivity contribution in [1.82, 2.24) is 20.2 Å². The van der Waals surface area contributed by atoms with E-state index in [1.807, 2.05) is 12.1 Å². The van der Waals surface area contributed by atoms with E-state index in [9.17, 15) is 4.79 Å². The van der Waals surface area contributed by atoms with Crippen molar-refractivity contribution in [3.8, 4) is 0 Å². The molecule has 2 rings (SSSR count). The lowest BCUT2D eigenvalue weighted by atomic mass is 10.1. The number of tetrazole rings is 1. The summed E-state index contributed by atoms with van der Waals surface area (Å²) in [5, 5.41) is 11.3. The molecule has 1 aromatic carbocycles. The molecule has 0 atom stereocenters. The topological polar surface area (TPSA) is 69.9 Å². The van der Waals surface area contributed by atoms with Gasteiger partial charge in [0.25, 0.3) is 0 Å². The van der Waals surface area contributed by atoms with Crippen LogP contribution in [0, 0.1) is 0 Å². The number of rotatable bonds is 4. The van der Waals surface area contributed by atoms with E-state index < -0.39 is 0 Å². The van der Waals surface area contributed by atoms with E-state index in [-0.39, 0.29) is 5.97 Å². The van der Waals surface area contributed by atoms with Crippen LogP contribution in [0.25, 0.3) is 0 Å². The molecular formula is C11H12N4O2. The number of ether oxygens (including phenoxy) is 1. The standard InChI is InChI=1S/C11H12N4O2/c1-2-17-11(16)10-6-4-3-5-9(10)7-15-13-8-12-14-15/h3-6,8H,2,7H2,1H3. The summed E-state index contributed by atoms with van der Waals surface area (Å²) < 4.78 is 4.98. The molecule has 0 fully saturated rings. The Morgan fingerprint density at radius 2 is 2.24 bits per heavy atom. The molecule has 0 spiro atoms. The Kier molecular flexibility index (Phi) is 3.44. The minimum Gasteiger partial charge on any atom is -0.462 e. The molecule has 0 unspecified atom stereocenters. The van der Waals surface area contributed by atoms with Crippen molar-refractivity contribution in [2.75, 3.05) is 6.61 Å². The molecule has 88 valence electrons. The van der Waals surface area contributed by atoms with Gasteiger partial charge in [0.15, 0.2) is 6.33 Å². The zero-order valence-corrected chi connectivity index (χ0v) is 9.41. The summed E-state index contributed by atoms with van der Waals surface area (Å²) in [6.45, 7) is 2.53. The molecular weight excluding hydrogens is 220 g/mol. The van der Waals surface area contributed by atoms with E-state index >= 15 is 0 Å². The largest absolute Gasteiger partial charge is 0.462 e. The van der Waals surface area contributed by atoms with E-state index in [4.69, 9.17) is 4.74 Å². The number of esters is 1. The van der Waals surface area contributed by atoms with Crippen LogP contribution in [-0.2, 0) is 11.3 Å². The maximum absolute atomic E-state index is 11.7. The van der Waals surface area contributed by atoms with Crippen molar-refractivity contribution in [2.24, 2.45) is 0 Å². The highest BCUT2D eigenvalue weighted by Gasteiger charge is 2.12. The molecule has 0 amide bonds. The maximum Gasteiger partial charge on any atom is 0.338 e. The van der Waals surface area contributed by atoms with Crippen molar-refractivity contribution in [3.05, 3.63) is 41.7 Å². The van der Waals surface area contributed by atoms with Crippen molar-refractivity contribution in [2.45, 2.75) is 13.5 Å². The first-order chi connectivity index (χ1) is 8.31. The number of hydrogen-bond acceptors (Lipinski definition) is 5. The molecule has 0 radical (unpaired) electrons. The van der Waals surface area contributed by atoms with Gasteiger partial charge in [-0.1, -0.05) is 18.2 Å². The van der Waals surface area contributed by atoms with Crippen molar-refractivity contribution >= 4 is 5.97 Å². The summed E-state index contributed by atoms with van der Waals surface area (Å²) in [5.41, 5.74) is 1.34. The van der Waals surface area contributed by atoms with Gasteiger partial charge in [-0.2, -0.15) is 4.80 Å². The van der Waals surface area contributed by atoms with Gasteiger partial charge in [0.2, 0.25) is 0 Å². The first kappa shape index (κ1) is 11.3. The lowest BCUT2D eigenvalue weighted by Gasteiger charge is -2.07. The molecule has 6 heteroatoms. The van der Waals surface area contributed by atoms with Gasteiger partial charge in [-0.15, -0.1) is 10.2 Å². The zero-order chi connectivity index (χ0) is 12.1. The van der Waals surface area contributed by atoms with Crippen LogP contribution in [0.5, 0.6) is 0 Å². The smallest absolute Gasteiger partial charge is 0.338 e. The Morgan fingerprint density at radius 3 is 2.94 bits per heavy atom. The second-order valence-electron chi connectivity index (χ2n) is 3.34. The quantitative estimate of drug-likeness (QED) is 0.732. The van der Waals surface area contributed by atoms with Gasteiger partial charge in [0.05, 0.1) is 18.7 Å². The van der Waals surface area contributed by atoms with Gasteiger partial charge in [-0.05, 0) is 23.8 Å². The van der Waals surface area contributed by atoms with Gasteiger partial charge in [-0.25, -0.2) is 4.79 Å². The SMILES string of the molecule is CCOC(=O)c1ccccc1Cn1ncnn1. The highest BCUT2D eigenvalue weighted by molar-refractivity contribution is 5.91. The predicted octanol–water partition coefficient (Wildman–Crippen LogP) is 0.898. The monoisotopic (exact) mass is 232 g/mol. The Morgan fingerprint density at radius 1 is 1.41 bits per heavy atom. The number of carbonyl (C=O) groups is 1. The highest BCUT2D eigenvalue weighted by Crippen LogP contribution is 2.11. The van der Waals surface area contributed by atoms with Gasteiger partial charge in [0, 0.05) is 0 Å². The molecule has 1 heterocycles. The van der Waals surface area contributed by atoms with Crippen LogP contribution in [0.15, 0.2) is 30.6 Å². The number of carbonyl (C=O) groups excluding carboxylic acids is 1. The van der Waals surface area contributed by atoms with E-state index in [0.29, 0.717) is 18.7 Å². The zero-order valence-electron chi connectivity index (χ0n) is 9.41. The molecule has 0 saturated carbocycles. The summed E-state index contributed by atoms with van der Waals surface area (Å²) in [5.74, 6) is -0.330. The third-order valence-electron chi connectivity index (χ3n) is 2.22. The summed E-state index contributed by atoms with van der Waals surface area (Å²) in [6, 6.07) is 7.22. The number of hydrogen-bond donors (Lipinski definition) is 0. The van der Waals surface area contributed by atoms with Crippen molar-refractivity contribution in [3.63, 3.8) is 0 Å². The molecule has 0 aliphatic heterocycles. The van der Waals surface area contributed by atoms with E-state index in [2.05, 4.69) is 15.4 Å². The predicted molar refractivity (Wildman–Crippen MR) is 59.3 cm³/mol. The first-order valence-electron chi connectivity index (χ1n) is 5.27. The van der Waals surface area contributed by atoms with Gasteiger partial charge < -0.3 is 4.74 Å². The summed E-state index contributed by atoms with van der Waals surface area (Å²) >= 11 is 0. The fourth-order valence-electron chi connectivity index (χ4n) is 1.48. The fraction of sp³-hybridized carbons (Fsp3) is 0.273. The number of aromatic nitrogens is 4. The van der Waals surface area contributed by atoms with Crippen molar-refractivity contribution < 1.29 is 9.53 Å². The minimum absolute atomic E-state index is 0.330. The molecule has 0 aliphatic carbocycles. The number of nitrogens with zero attached hydrogens (tertiary/aromatic N) is 4. The van der Waals surface area contributed by atoms with Crippen LogP contribution < -0.4 is 0 Å². The fourth-order valence-corrected chi connectivity index (χ4v) is 1.48. The molecule has 0 saturated heterocycles. The van der Waals surface area contributed by atoms with Gasteiger partial charge >= 0.3 is 5.97 Å². The average Bonchev–Trinajstić information content (AvgIpc) is 2.83. The minimum atomic E-state index is -0.330. The Balaban J connectivity index is 2.24. The van der Waals surface area contributed by atoms with Gasteiger partial charge in [-0.3, -0.25) is 0 Å². The van der Waals surface area contributed by atoms with Gasteiger partial charge in [0.1, 0.15) is 0 Å². The second-order valence-corrected chi connectivity index (χ2v) is 3.34. The Hall–Kier alpha value is -2.24.